The van der Waals surface area contributed by atoms with Gasteiger partial charge in [-0.25, -0.2) is 18.6 Å². The maximum absolute atomic E-state index is 14.0. The van der Waals surface area contributed by atoms with Crippen LogP contribution in [0.3, 0.4) is 0 Å². The lowest BCUT2D eigenvalue weighted by Gasteiger charge is -2.20. The summed E-state index contributed by atoms with van der Waals surface area (Å²) in [7, 11) is 0. The van der Waals surface area contributed by atoms with Crippen molar-refractivity contribution in [2.75, 3.05) is 5.73 Å². The molecule has 19 heavy (non-hydrogen) atoms. The Morgan fingerprint density at radius 3 is 2.89 bits per heavy atom. The molecule has 1 aromatic rings. The number of halogens is 2. The second-order valence-corrected chi connectivity index (χ2v) is 4.52. The molecule has 0 amide bonds. The van der Waals surface area contributed by atoms with Crippen LogP contribution < -0.4 is 11.4 Å². The van der Waals surface area contributed by atoms with E-state index < -0.39 is 29.9 Å². The lowest BCUT2D eigenvalue weighted by molar-refractivity contribution is -0.113. The number of anilines is 1. The van der Waals surface area contributed by atoms with E-state index in [2.05, 4.69) is 9.97 Å². The van der Waals surface area contributed by atoms with Crippen LogP contribution in [-0.4, -0.2) is 33.2 Å². The molecule has 0 aliphatic carbocycles. The van der Waals surface area contributed by atoms with Crippen molar-refractivity contribution in [2.24, 2.45) is 0 Å². The Labute approximate surface area is 107 Å². The molecule has 0 aromatic carbocycles. The van der Waals surface area contributed by atoms with Gasteiger partial charge in [0, 0.05) is 11.8 Å². The highest BCUT2D eigenvalue weighted by Crippen LogP contribution is 2.47. The van der Waals surface area contributed by atoms with Gasteiger partial charge in [0.2, 0.25) is 0 Å². The normalized spacial score (nSPS) is 29.6. The van der Waals surface area contributed by atoms with E-state index in [9.17, 15) is 18.7 Å². The van der Waals surface area contributed by atoms with Crippen LogP contribution >= 0.6 is 0 Å². The molecule has 2 heterocycles. The number of aliphatic hydroxyl groups is 1. The van der Waals surface area contributed by atoms with Crippen LogP contribution in [0, 0.1) is 0 Å². The van der Waals surface area contributed by atoms with E-state index in [1.165, 1.54) is 0 Å². The minimum atomic E-state index is -3.48. The third kappa shape index (κ3) is 2.33. The number of alkyl halides is 2. The van der Waals surface area contributed by atoms with E-state index in [-0.39, 0.29) is 11.4 Å². The molecule has 0 radical (unpaired) electrons. The second kappa shape index (κ2) is 4.86. The van der Waals surface area contributed by atoms with Gasteiger partial charge in [0.05, 0.1) is 6.10 Å². The van der Waals surface area contributed by atoms with Crippen molar-refractivity contribution in [3.63, 3.8) is 0 Å². The Bertz CT molecular complexity index is 520. The average Bonchev–Trinajstić information content (AvgIpc) is 2.54. The van der Waals surface area contributed by atoms with Crippen LogP contribution in [0.5, 0.6) is 0 Å². The number of aromatic amines is 1. The predicted octanol–water partition coefficient (Wildman–Crippen LogP) is 0.588. The molecule has 1 saturated heterocycles. The Hall–Kier alpha value is -1.54. The summed E-state index contributed by atoms with van der Waals surface area (Å²) in [6, 6.07) is 0. The monoisotopic (exact) mass is 275 g/mol. The van der Waals surface area contributed by atoms with Crippen LogP contribution in [0.4, 0.5) is 14.6 Å². The lowest BCUT2D eigenvalue weighted by Crippen LogP contribution is -2.37. The maximum Gasteiger partial charge on any atom is 0.346 e. The minimum absolute atomic E-state index is 0.123. The number of nitrogens with zero attached hydrogens (tertiary/aromatic N) is 1. The molecular formula is C11H15F2N3O3. The van der Waals surface area contributed by atoms with Crippen molar-refractivity contribution in [1.29, 1.82) is 0 Å². The molecule has 0 unspecified atom stereocenters. The number of ether oxygens (including phenoxy) is 1. The van der Waals surface area contributed by atoms with Crippen LogP contribution in [0.1, 0.15) is 31.4 Å². The Balaban J connectivity index is 2.36. The fraction of sp³-hybridized carbons (Fsp3) is 0.636. The summed E-state index contributed by atoms with van der Waals surface area (Å²) in [6.45, 7) is 1.80. The molecule has 3 atom stereocenters. The molecule has 1 aromatic heterocycles. The molecule has 6 nitrogen and oxygen atoms in total. The zero-order valence-electron chi connectivity index (χ0n) is 10.3. The topological polar surface area (TPSA) is 101 Å². The summed E-state index contributed by atoms with van der Waals surface area (Å²) in [5.74, 6) is -3.71. The van der Waals surface area contributed by atoms with Crippen LogP contribution in [0.15, 0.2) is 11.0 Å². The SMILES string of the molecule is CCC[C@H]1O[C@H](c2cnc(=O)[nH]c2N)C(F)(F)[C@@H]1O. The van der Waals surface area contributed by atoms with Crippen molar-refractivity contribution >= 4 is 5.82 Å². The molecule has 106 valence electrons. The molecule has 4 N–H and O–H groups in total. The number of H-pyrrole nitrogens is 1. The van der Waals surface area contributed by atoms with Crippen LogP contribution in [-0.2, 0) is 4.74 Å². The molecule has 8 heteroatoms. The minimum Gasteiger partial charge on any atom is -0.385 e. The van der Waals surface area contributed by atoms with Crippen LogP contribution in [0.2, 0.25) is 0 Å². The van der Waals surface area contributed by atoms with Gasteiger partial charge in [-0.2, -0.15) is 0 Å². The smallest absolute Gasteiger partial charge is 0.346 e. The van der Waals surface area contributed by atoms with Gasteiger partial charge in [0.25, 0.3) is 0 Å². The Kier molecular flexibility index (Phi) is 3.55. The number of nitrogens with two attached hydrogens (primary N) is 1. The highest BCUT2D eigenvalue weighted by Gasteiger charge is 2.59. The highest BCUT2D eigenvalue weighted by molar-refractivity contribution is 5.40. The zero-order chi connectivity index (χ0) is 14.2. The highest BCUT2D eigenvalue weighted by atomic mass is 19.3. The number of hydrogen-bond donors (Lipinski definition) is 3. The molecule has 2 rings (SSSR count). The van der Waals surface area contributed by atoms with Crippen molar-refractivity contribution in [3.8, 4) is 0 Å². The first kappa shape index (κ1) is 13.9. The number of nitrogen functional groups attached to an aromatic ring is 1. The number of aromatic nitrogens is 2. The van der Waals surface area contributed by atoms with E-state index in [4.69, 9.17) is 10.5 Å². The molecule has 0 saturated carbocycles. The van der Waals surface area contributed by atoms with Gasteiger partial charge < -0.3 is 15.6 Å². The van der Waals surface area contributed by atoms with Gasteiger partial charge in [0.15, 0.2) is 6.10 Å². The number of nitrogens with one attached hydrogen (secondary N) is 1. The first-order valence-electron chi connectivity index (χ1n) is 5.94. The summed E-state index contributed by atoms with van der Waals surface area (Å²) in [5, 5.41) is 9.62. The fourth-order valence-corrected chi connectivity index (χ4v) is 2.16. The van der Waals surface area contributed by atoms with Crippen molar-refractivity contribution in [1.82, 2.24) is 9.97 Å². The van der Waals surface area contributed by atoms with E-state index in [0.29, 0.717) is 12.8 Å². The van der Waals surface area contributed by atoms with Gasteiger partial charge in [-0.05, 0) is 6.42 Å². The molecule has 0 bridgehead atoms. The third-order valence-electron chi connectivity index (χ3n) is 3.14. The van der Waals surface area contributed by atoms with Crippen molar-refractivity contribution in [2.45, 2.75) is 44.0 Å². The lowest BCUT2D eigenvalue weighted by atomic mass is 10.0. The van der Waals surface area contributed by atoms with Gasteiger partial charge in [-0.3, -0.25) is 4.98 Å². The van der Waals surface area contributed by atoms with E-state index in [1.54, 1.807) is 6.92 Å². The Morgan fingerprint density at radius 2 is 2.32 bits per heavy atom. The summed E-state index contributed by atoms with van der Waals surface area (Å²) in [5.41, 5.74) is 4.65. The molecule has 1 aliphatic heterocycles. The van der Waals surface area contributed by atoms with Gasteiger partial charge in [-0.1, -0.05) is 13.3 Å². The molecule has 0 spiro atoms. The largest absolute Gasteiger partial charge is 0.385 e. The second-order valence-electron chi connectivity index (χ2n) is 4.52. The molecule has 1 fully saturated rings. The van der Waals surface area contributed by atoms with Crippen molar-refractivity contribution < 1.29 is 18.6 Å². The fourth-order valence-electron chi connectivity index (χ4n) is 2.16. The summed E-state index contributed by atoms with van der Waals surface area (Å²) in [6.07, 6.45) is -2.70. The standard InChI is InChI=1S/C11H15F2N3O3/c1-2-3-6-7(17)11(12,13)8(19-6)5-4-15-10(18)16-9(5)14/h4,6-8,17H,2-3H2,1H3,(H3,14,15,16,18)/t6-,7-,8-/m1/s1. The average molecular weight is 275 g/mol. The number of aliphatic hydroxyl groups excluding tert-OH is 1. The van der Waals surface area contributed by atoms with E-state index >= 15 is 0 Å². The van der Waals surface area contributed by atoms with Gasteiger partial charge in [-0.15, -0.1) is 0 Å². The zero-order valence-corrected chi connectivity index (χ0v) is 10.3. The quantitative estimate of drug-likeness (QED) is 0.749. The molecule has 1 aliphatic rings. The van der Waals surface area contributed by atoms with Crippen LogP contribution in [0.25, 0.3) is 0 Å². The summed E-state index contributed by atoms with van der Waals surface area (Å²) < 4.78 is 33.2. The van der Waals surface area contributed by atoms with E-state index in [0.717, 1.165) is 6.20 Å². The van der Waals surface area contributed by atoms with Crippen molar-refractivity contribution in [3.05, 3.63) is 22.2 Å². The summed E-state index contributed by atoms with van der Waals surface area (Å²) in [4.78, 5) is 16.4. The van der Waals surface area contributed by atoms with Gasteiger partial charge >= 0.3 is 11.6 Å². The number of rotatable bonds is 3. The van der Waals surface area contributed by atoms with Gasteiger partial charge in [0.1, 0.15) is 11.9 Å². The summed E-state index contributed by atoms with van der Waals surface area (Å²) >= 11 is 0. The first-order chi connectivity index (χ1) is 8.87. The Morgan fingerprint density at radius 1 is 1.63 bits per heavy atom. The molecular weight excluding hydrogens is 260 g/mol. The maximum atomic E-state index is 14.0. The van der Waals surface area contributed by atoms with E-state index in [1.807, 2.05) is 0 Å². The third-order valence-corrected chi connectivity index (χ3v) is 3.14. The number of hydrogen-bond acceptors (Lipinski definition) is 5. The first-order valence-corrected chi connectivity index (χ1v) is 5.94. The predicted molar refractivity (Wildman–Crippen MR) is 62.7 cm³/mol.